The van der Waals surface area contributed by atoms with Gasteiger partial charge in [-0.05, 0) is 54.0 Å². The summed E-state index contributed by atoms with van der Waals surface area (Å²) in [5.74, 6) is 0.625. The van der Waals surface area contributed by atoms with Gasteiger partial charge in [0, 0.05) is 19.0 Å². The van der Waals surface area contributed by atoms with Crippen LogP contribution in [0.1, 0.15) is 51.4 Å². The van der Waals surface area contributed by atoms with Crippen LogP contribution in [0.25, 0.3) is 0 Å². The van der Waals surface area contributed by atoms with Crippen LogP contribution in [0.3, 0.4) is 0 Å². The summed E-state index contributed by atoms with van der Waals surface area (Å²) in [7, 11) is 0. The maximum absolute atomic E-state index is 6.53. The Hall–Kier alpha value is -0.350. The molecule has 0 aromatic carbocycles. The van der Waals surface area contributed by atoms with Crippen molar-refractivity contribution in [2.24, 2.45) is 17.1 Å². The van der Waals surface area contributed by atoms with Crippen LogP contribution in [-0.4, -0.2) is 15.8 Å². The molecule has 19 heavy (non-hydrogen) atoms. The van der Waals surface area contributed by atoms with Crippen LogP contribution in [0.15, 0.2) is 4.47 Å². The first kappa shape index (κ1) is 15.0. The van der Waals surface area contributed by atoms with Gasteiger partial charge in [0.15, 0.2) is 0 Å². The normalized spacial score (nSPS) is 23.8. The van der Waals surface area contributed by atoms with Crippen molar-refractivity contribution in [2.75, 3.05) is 0 Å². The number of nitrogens with two attached hydrogens (primary N) is 1. The van der Waals surface area contributed by atoms with E-state index < -0.39 is 0 Å². The minimum absolute atomic E-state index is 0.232. The zero-order valence-electron chi connectivity index (χ0n) is 12.5. The summed E-state index contributed by atoms with van der Waals surface area (Å²) in [5, 5.41) is 4.56. The standard InChI is InChI=1S/C15H26BrN3/c1-5-19-13(14(16)10(2)18-19)9-12(17)11-7-6-8-15(11,3)4/h11-12H,5-9,17H2,1-4H3. The Morgan fingerprint density at radius 2 is 2.21 bits per heavy atom. The number of rotatable bonds is 4. The smallest absolute Gasteiger partial charge is 0.0738 e. The third kappa shape index (κ3) is 2.89. The van der Waals surface area contributed by atoms with E-state index in [2.05, 4.69) is 46.5 Å². The number of halogens is 1. The highest BCUT2D eigenvalue weighted by Gasteiger charge is 2.38. The molecular weight excluding hydrogens is 302 g/mol. The topological polar surface area (TPSA) is 43.8 Å². The molecule has 3 nitrogen and oxygen atoms in total. The fourth-order valence-electron chi connectivity index (χ4n) is 3.58. The lowest BCUT2D eigenvalue weighted by atomic mass is 9.76. The second-order valence-electron chi connectivity index (χ2n) is 6.52. The summed E-state index contributed by atoms with van der Waals surface area (Å²) < 4.78 is 3.22. The van der Waals surface area contributed by atoms with E-state index in [0.717, 1.165) is 23.1 Å². The molecule has 1 saturated carbocycles. The number of hydrogen-bond donors (Lipinski definition) is 1. The first-order chi connectivity index (χ1) is 8.86. The van der Waals surface area contributed by atoms with Gasteiger partial charge in [-0.3, -0.25) is 4.68 Å². The second-order valence-corrected chi connectivity index (χ2v) is 7.31. The van der Waals surface area contributed by atoms with Gasteiger partial charge >= 0.3 is 0 Å². The highest BCUT2D eigenvalue weighted by atomic mass is 79.9. The van der Waals surface area contributed by atoms with E-state index in [0.29, 0.717) is 11.3 Å². The summed E-state index contributed by atoms with van der Waals surface area (Å²) in [6.45, 7) is 9.81. The fraction of sp³-hybridized carbons (Fsp3) is 0.800. The number of nitrogens with zero attached hydrogens (tertiary/aromatic N) is 2. The van der Waals surface area contributed by atoms with Crippen molar-refractivity contribution in [2.45, 2.75) is 66.0 Å². The average Bonchev–Trinajstić information content (AvgIpc) is 2.83. The van der Waals surface area contributed by atoms with Crippen molar-refractivity contribution >= 4 is 15.9 Å². The maximum atomic E-state index is 6.53. The summed E-state index contributed by atoms with van der Waals surface area (Å²) in [5.41, 5.74) is 9.24. The summed E-state index contributed by atoms with van der Waals surface area (Å²) in [6.07, 6.45) is 4.81. The van der Waals surface area contributed by atoms with Gasteiger partial charge in [0.25, 0.3) is 0 Å². The first-order valence-electron chi connectivity index (χ1n) is 7.34. The molecule has 1 aliphatic rings. The Labute approximate surface area is 125 Å². The lowest BCUT2D eigenvalue weighted by Gasteiger charge is -2.32. The third-order valence-electron chi connectivity index (χ3n) is 4.74. The Balaban J connectivity index is 2.17. The van der Waals surface area contributed by atoms with Gasteiger partial charge in [0.1, 0.15) is 0 Å². The van der Waals surface area contributed by atoms with Gasteiger partial charge in [-0.25, -0.2) is 0 Å². The minimum Gasteiger partial charge on any atom is -0.327 e. The molecule has 1 aliphatic carbocycles. The quantitative estimate of drug-likeness (QED) is 0.916. The Kier molecular flexibility index (Phi) is 4.41. The van der Waals surface area contributed by atoms with Crippen molar-refractivity contribution in [3.8, 4) is 0 Å². The average molecular weight is 328 g/mol. The predicted octanol–water partition coefficient (Wildman–Crippen LogP) is 3.67. The molecule has 1 heterocycles. The summed E-state index contributed by atoms with van der Waals surface area (Å²) >= 11 is 3.67. The van der Waals surface area contributed by atoms with Crippen molar-refractivity contribution in [1.29, 1.82) is 0 Å². The van der Waals surface area contributed by atoms with Gasteiger partial charge in [-0.1, -0.05) is 20.3 Å². The monoisotopic (exact) mass is 327 g/mol. The van der Waals surface area contributed by atoms with Crippen LogP contribution in [0, 0.1) is 18.3 Å². The third-order valence-corrected chi connectivity index (χ3v) is 5.77. The number of aromatic nitrogens is 2. The van der Waals surface area contributed by atoms with Crippen LogP contribution in [0.2, 0.25) is 0 Å². The van der Waals surface area contributed by atoms with Crippen LogP contribution >= 0.6 is 15.9 Å². The van der Waals surface area contributed by atoms with Crippen LogP contribution in [-0.2, 0) is 13.0 Å². The molecule has 0 bridgehead atoms. The van der Waals surface area contributed by atoms with Gasteiger partial charge in [0.2, 0.25) is 0 Å². The van der Waals surface area contributed by atoms with Gasteiger partial charge in [0.05, 0.1) is 15.9 Å². The predicted molar refractivity (Wildman–Crippen MR) is 83.1 cm³/mol. The molecule has 108 valence electrons. The molecule has 4 heteroatoms. The Morgan fingerprint density at radius 3 is 2.74 bits per heavy atom. The van der Waals surface area contributed by atoms with Crippen molar-refractivity contribution in [3.63, 3.8) is 0 Å². The van der Waals surface area contributed by atoms with E-state index in [4.69, 9.17) is 5.73 Å². The van der Waals surface area contributed by atoms with Gasteiger partial charge < -0.3 is 5.73 Å². The van der Waals surface area contributed by atoms with Crippen LogP contribution < -0.4 is 5.73 Å². The Bertz CT molecular complexity index is 450. The molecule has 0 radical (unpaired) electrons. The molecular formula is C15H26BrN3. The lowest BCUT2D eigenvalue weighted by molar-refractivity contribution is 0.218. The number of hydrogen-bond acceptors (Lipinski definition) is 2. The molecule has 0 spiro atoms. The van der Waals surface area contributed by atoms with E-state index in [1.165, 1.54) is 25.0 Å². The summed E-state index contributed by atoms with van der Waals surface area (Å²) in [6, 6.07) is 0.232. The number of aryl methyl sites for hydroxylation is 2. The molecule has 2 atom stereocenters. The summed E-state index contributed by atoms with van der Waals surface area (Å²) in [4.78, 5) is 0. The lowest BCUT2D eigenvalue weighted by Crippen LogP contribution is -2.38. The molecule has 0 amide bonds. The molecule has 0 aliphatic heterocycles. The van der Waals surface area contributed by atoms with E-state index in [1.54, 1.807) is 0 Å². The largest absolute Gasteiger partial charge is 0.327 e. The van der Waals surface area contributed by atoms with Crippen molar-refractivity contribution < 1.29 is 0 Å². The first-order valence-corrected chi connectivity index (χ1v) is 8.13. The zero-order chi connectivity index (χ0) is 14.2. The molecule has 0 saturated heterocycles. The van der Waals surface area contributed by atoms with E-state index in [-0.39, 0.29) is 6.04 Å². The molecule has 1 aromatic heterocycles. The van der Waals surface area contributed by atoms with Crippen LogP contribution in [0.5, 0.6) is 0 Å². The highest BCUT2D eigenvalue weighted by molar-refractivity contribution is 9.10. The fourth-order valence-corrected chi connectivity index (χ4v) is 4.02. The molecule has 1 fully saturated rings. The van der Waals surface area contributed by atoms with Crippen molar-refractivity contribution in [3.05, 3.63) is 15.9 Å². The van der Waals surface area contributed by atoms with E-state index in [9.17, 15) is 0 Å². The molecule has 1 aromatic rings. The molecule has 2 N–H and O–H groups in total. The SMILES string of the molecule is CCn1nc(C)c(Br)c1CC(N)C1CCCC1(C)C. The van der Waals surface area contributed by atoms with Gasteiger partial charge in [-0.2, -0.15) is 5.10 Å². The van der Waals surface area contributed by atoms with Crippen LogP contribution in [0.4, 0.5) is 0 Å². The van der Waals surface area contributed by atoms with Gasteiger partial charge in [-0.15, -0.1) is 0 Å². The second kappa shape index (κ2) is 5.57. The zero-order valence-corrected chi connectivity index (χ0v) is 14.1. The molecule has 2 rings (SSSR count). The van der Waals surface area contributed by atoms with E-state index in [1.807, 2.05) is 6.92 Å². The maximum Gasteiger partial charge on any atom is 0.0738 e. The van der Waals surface area contributed by atoms with Crippen molar-refractivity contribution in [1.82, 2.24) is 9.78 Å². The minimum atomic E-state index is 0.232. The Morgan fingerprint density at radius 1 is 1.53 bits per heavy atom. The molecule has 2 unspecified atom stereocenters. The highest BCUT2D eigenvalue weighted by Crippen LogP contribution is 2.44. The van der Waals surface area contributed by atoms with E-state index >= 15 is 0 Å².